The van der Waals surface area contributed by atoms with Crippen LogP contribution >= 0.6 is 11.6 Å². The van der Waals surface area contributed by atoms with Gasteiger partial charge < -0.3 is 4.98 Å². The number of H-pyrrole nitrogens is 1. The van der Waals surface area contributed by atoms with Crippen molar-refractivity contribution < 1.29 is 0 Å². The van der Waals surface area contributed by atoms with Crippen molar-refractivity contribution >= 4 is 11.6 Å². The highest BCUT2D eigenvalue weighted by Gasteiger charge is 2.21. The molecule has 1 N–H and O–H groups in total. The van der Waals surface area contributed by atoms with Gasteiger partial charge in [-0.2, -0.15) is 9.94 Å². The van der Waals surface area contributed by atoms with E-state index in [1.165, 1.54) is 11.1 Å². The molecule has 194 valence electrons. The summed E-state index contributed by atoms with van der Waals surface area (Å²) >= 11 is 6.35. The first-order valence-electron chi connectivity index (χ1n) is 12.7. The zero-order valence-electron chi connectivity index (χ0n) is 21.5. The van der Waals surface area contributed by atoms with E-state index in [2.05, 4.69) is 57.8 Å². The summed E-state index contributed by atoms with van der Waals surface area (Å²) in [7, 11) is 0. The highest BCUT2D eigenvalue weighted by molar-refractivity contribution is 6.31. The van der Waals surface area contributed by atoms with Crippen LogP contribution in [0.25, 0.3) is 28.1 Å². The van der Waals surface area contributed by atoms with E-state index in [4.69, 9.17) is 26.8 Å². The third-order valence-corrected chi connectivity index (χ3v) is 7.05. The van der Waals surface area contributed by atoms with Crippen LogP contribution in [0.15, 0.2) is 97.6 Å². The second-order valence-electron chi connectivity index (χ2n) is 9.50. The Morgan fingerprint density at radius 3 is 2.42 bits per heavy atom. The molecule has 0 aliphatic carbocycles. The van der Waals surface area contributed by atoms with E-state index in [1.54, 1.807) is 23.1 Å². The number of pyridine rings is 1. The SMILES string of the molecule is Cc1ccc(CC(c2ccc(-c3cc(Cl)ccc3-n3cnnn3)cn2)c2ncc(-c3ccc(C#N)cc3)[nH]2)cc1. The molecule has 0 fully saturated rings. The quantitative estimate of drug-likeness (QED) is 0.253. The number of nitrogens with one attached hydrogen (secondary N) is 1. The van der Waals surface area contributed by atoms with Gasteiger partial charge in [-0.15, -0.1) is 5.10 Å². The second kappa shape index (κ2) is 10.9. The number of nitrogens with zero attached hydrogens (tertiary/aromatic N) is 7. The van der Waals surface area contributed by atoms with E-state index >= 15 is 0 Å². The molecule has 0 radical (unpaired) electrons. The summed E-state index contributed by atoms with van der Waals surface area (Å²) < 4.78 is 1.60. The van der Waals surface area contributed by atoms with Crippen LogP contribution in [0.5, 0.6) is 0 Å². The van der Waals surface area contributed by atoms with Gasteiger partial charge in [-0.05, 0) is 71.3 Å². The molecule has 6 aromatic rings. The number of imidazole rings is 1. The first-order chi connectivity index (χ1) is 19.6. The molecule has 0 amide bonds. The van der Waals surface area contributed by atoms with Gasteiger partial charge in [0, 0.05) is 22.3 Å². The Balaban J connectivity index is 1.37. The van der Waals surface area contributed by atoms with Crippen molar-refractivity contribution in [1.29, 1.82) is 5.26 Å². The molecule has 1 unspecified atom stereocenters. The third kappa shape index (κ3) is 5.23. The van der Waals surface area contributed by atoms with Crippen molar-refractivity contribution in [3.05, 3.63) is 131 Å². The van der Waals surface area contributed by atoms with Gasteiger partial charge in [0.05, 0.1) is 40.8 Å². The molecule has 3 heterocycles. The number of aryl methyl sites for hydroxylation is 1. The van der Waals surface area contributed by atoms with Crippen molar-refractivity contribution in [3.8, 4) is 34.1 Å². The van der Waals surface area contributed by atoms with E-state index in [-0.39, 0.29) is 5.92 Å². The van der Waals surface area contributed by atoms with Crippen molar-refractivity contribution in [2.75, 3.05) is 0 Å². The Kier molecular flexibility index (Phi) is 6.87. The van der Waals surface area contributed by atoms with Crippen LogP contribution in [0.2, 0.25) is 5.02 Å². The fourth-order valence-electron chi connectivity index (χ4n) is 4.67. The molecule has 1 atom stereocenters. The topological polar surface area (TPSA) is 109 Å². The average Bonchev–Trinajstić information content (AvgIpc) is 3.70. The standard InChI is InChI=1S/C31H23ClN8/c1-20-2-4-21(5-3-20)14-27(31-35-18-29(37-31)23-8-6-22(16-33)7-9-23)28-12-10-24(17-34-28)26-15-25(32)11-13-30(26)40-19-36-38-39-40/h2-13,15,17-19,27H,14H2,1H3,(H,35,37). The maximum Gasteiger partial charge on any atom is 0.143 e. The molecule has 9 heteroatoms. The van der Waals surface area contributed by atoms with Crippen LogP contribution in [-0.2, 0) is 6.42 Å². The van der Waals surface area contributed by atoms with Gasteiger partial charge in [-0.1, -0.05) is 59.6 Å². The number of hydrogen-bond donors (Lipinski definition) is 1. The van der Waals surface area contributed by atoms with Crippen LogP contribution in [0.3, 0.4) is 0 Å². The summed E-state index contributed by atoms with van der Waals surface area (Å²) in [6.07, 6.45) is 5.95. The van der Waals surface area contributed by atoms with Crippen LogP contribution in [0.4, 0.5) is 0 Å². The number of aromatic nitrogens is 7. The van der Waals surface area contributed by atoms with Crippen molar-refractivity contribution in [1.82, 2.24) is 35.2 Å². The van der Waals surface area contributed by atoms with E-state index in [0.717, 1.165) is 46.0 Å². The molecular formula is C31H23ClN8. The Morgan fingerprint density at radius 2 is 1.73 bits per heavy atom. The fourth-order valence-corrected chi connectivity index (χ4v) is 4.84. The summed E-state index contributed by atoms with van der Waals surface area (Å²) in [4.78, 5) is 13.2. The highest BCUT2D eigenvalue weighted by atomic mass is 35.5. The summed E-state index contributed by atoms with van der Waals surface area (Å²) in [6, 6.07) is 27.8. The molecule has 0 saturated carbocycles. The molecule has 40 heavy (non-hydrogen) atoms. The Morgan fingerprint density at radius 1 is 0.925 bits per heavy atom. The van der Waals surface area contributed by atoms with E-state index in [0.29, 0.717) is 10.6 Å². The maximum atomic E-state index is 9.13. The minimum absolute atomic E-state index is 0.109. The Bertz CT molecular complexity index is 1780. The number of halogens is 1. The zero-order chi connectivity index (χ0) is 27.5. The minimum Gasteiger partial charge on any atom is -0.341 e. The van der Waals surface area contributed by atoms with Crippen molar-refractivity contribution in [2.24, 2.45) is 0 Å². The van der Waals surface area contributed by atoms with E-state index < -0.39 is 0 Å². The smallest absolute Gasteiger partial charge is 0.143 e. The van der Waals surface area contributed by atoms with Gasteiger partial charge >= 0.3 is 0 Å². The van der Waals surface area contributed by atoms with Crippen LogP contribution in [0.1, 0.15) is 34.1 Å². The minimum atomic E-state index is -0.109. The summed E-state index contributed by atoms with van der Waals surface area (Å²) in [6.45, 7) is 2.08. The maximum absolute atomic E-state index is 9.13. The molecule has 3 aromatic heterocycles. The van der Waals surface area contributed by atoms with Gasteiger partial charge in [-0.25, -0.2) is 4.98 Å². The predicted molar refractivity (Wildman–Crippen MR) is 153 cm³/mol. The second-order valence-corrected chi connectivity index (χ2v) is 9.94. The van der Waals surface area contributed by atoms with E-state index in [9.17, 15) is 0 Å². The van der Waals surface area contributed by atoms with Gasteiger partial charge in [0.15, 0.2) is 0 Å². The van der Waals surface area contributed by atoms with Gasteiger partial charge in [0.25, 0.3) is 0 Å². The number of hydrogen-bond acceptors (Lipinski definition) is 6. The number of rotatable bonds is 7. The average molecular weight is 543 g/mol. The zero-order valence-corrected chi connectivity index (χ0v) is 22.3. The lowest BCUT2D eigenvalue weighted by Crippen LogP contribution is -2.09. The lowest BCUT2D eigenvalue weighted by atomic mass is 9.93. The summed E-state index contributed by atoms with van der Waals surface area (Å²) in [5.41, 5.74) is 8.32. The van der Waals surface area contributed by atoms with Crippen LogP contribution < -0.4 is 0 Å². The molecular weight excluding hydrogens is 520 g/mol. The molecule has 3 aromatic carbocycles. The molecule has 0 bridgehead atoms. The molecule has 6 rings (SSSR count). The molecule has 0 aliphatic rings. The number of benzene rings is 3. The van der Waals surface area contributed by atoms with Crippen molar-refractivity contribution in [2.45, 2.75) is 19.3 Å². The fraction of sp³-hybridized carbons (Fsp3) is 0.0968. The number of aromatic amines is 1. The van der Waals surface area contributed by atoms with Crippen LogP contribution in [0, 0.1) is 18.3 Å². The summed E-state index contributed by atoms with van der Waals surface area (Å²) in [5.74, 6) is 0.708. The number of tetrazole rings is 1. The Labute approximate surface area is 236 Å². The lowest BCUT2D eigenvalue weighted by molar-refractivity contribution is 0.727. The van der Waals surface area contributed by atoms with Gasteiger partial charge in [0.1, 0.15) is 12.2 Å². The first kappa shape index (κ1) is 25.2. The molecule has 0 aliphatic heterocycles. The molecule has 8 nitrogen and oxygen atoms in total. The third-order valence-electron chi connectivity index (χ3n) is 6.82. The van der Waals surface area contributed by atoms with Gasteiger partial charge in [0.2, 0.25) is 0 Å². The molecule has 0 saturated heterocycles. The van der Waals surface area contributed by atoms with E-state index in [1.807, 2.05) is 54.9 Å². The van der Waals surface area contributed by atoms with Gasteiger partial charge in [-0.3, -0.25) is 4.98 Å². The lowest BCUT2D eigenvalue weighted by Gasteiger charge is -2.16. The van der Waals surface area contributed by atoms with Crippen molar-refractivity contribution in [3.63, 3.8) is 0 Å². The number of nitriles is 1. The normalized spacial score (nSPS) is 11.7. The van der Waals surface area contributed by atoms with Crippen LogP contribution in [-0.4, -0.2) is 35.2 Å². The predicted octanol–water partition coefficient (Wildman–Crippen LogP) is 6.32. The first-order valence-corrected chi connectivity index (χ1v) is 13.1. The monoisotopic (exact) mass is 542 g/mol. The highest BCUT2D eigenvalue weighted by Crippen LogP contribution is 2.32. The molecule has 0 spiro atoms. The Hall–Kier alpha value is -5.13. The largest absolute Gasteiger partial charge is 0.341 e. The summed E-state index contributed by atoms with van der Waals surface area (Å²) in [5, 5.41) is 21.3.